The maximum Gasteiger partial charge on any atom is 0.573 e. The second kappa shape index (κ2) is 26.9. The van der Waals surface area contributed by atoms with Crippen LogP contribution in [0.4, 0.5) is 26.3 Å². The molecule has 8 rings (SSSR count). The van der Waals surface area contributed by atoms with Crippen LogP contribution in [0.5, 0.6) is 23.0 Å². The van der Waals surface area contributed by atoms with E-state index >= 15 is 0 Å². The average molecular weight is 1150 g/mol. The number of benzene rings is 4. The summed E-state index contributed by atoms with van der Waals surface area (Å²) >= 11 is 12.1. The predicted molar refractivity (Wildman–Crippen MR) is 287 cm³/mol. The van der Waals surface area contributed by atoms with E-state index in [0.717, 1.165) is 34.2 Å². The maximum absolute atomic E-state index is 13.5. The van der Waals surface area contributed by atoms with Crippen molar-refractivity contribution in [2.75, 3.05) is 19.8 Å². The van der Waals surface area contributed by atoms with Crippen molar-refractivity contribution in [3.63, 3.8) is 0 Å². The van der Waals surface area contributed by atoms with Crippen molar-refractivity contribution < 1.29 is 50.4 Å². The number of fused-ring (bicyclic) bond motifs is 2. The molecule has 79 heavy (non-hydrogen) atoms. The van der Waals surface area contributed by atoms with Gasteiger partial charge in [0.2, 0.25) is 0 Å². The SMILES string of the molecule is C.CCCCn1c(=O)c2c(nc(CCCOc3cccc(OC(F)(F)F)c3)n2Cc2ccc(Cl)cc2)n(C)c1=O.Cn1c(=O)n(CCCO)c(=O)c2c1nc(CCCOc1cccc(OC(F)(F)F)c1)n2Cc1ccc(Cl)cc1. The first-order chi connectivity index (χ1) is 37.1. The Labute approximate surface area is 458 Å². The summed E-state index contributed by atoms with van der Waals surface area (Å²) in [6.45, 7) is 3.14. The Kier molecular flexibility index (Phi) is 20.7. The Morgan fingerprint density at radius 1 is 0.544 bits per heavy atom. The minimum atomic E-state index is -4.81. The number of ether oxygens (including phenoxy) is 4. The highest BCUT2D eigenvalue weighted by Gasteiger charge is 2.32. The summed E-state index contributed by atoms with van der Waals surface area (Å²) in [5, 5.41) is 10.4. The number of aliphatic hydroxyl groups excluding tert-OH is 1. The van der Waals surface area contributed by atoms with Crippen LogP contribution < -0.4 is 41.4 Å². The quantitative estimate of drug-likeness (QED) is 0.0504. The monoisotopic (exact) mass is 1150 g/mol. The topological polar surface area (TPSA) is 181 Å². The number of aryl methyl sites for hydroxylation is 4. The Balaban J connectivity index is 0.000000252. The van der Waals surface area contributed by atoms with E-state index in [0.29, 0.717) is 78.1 Å². The van der Waals surface area contributed by atoms with Gasteiger partial charge >= 0.3 is 24.1 Å². The van der Waals surface area contributed by atoms with Gasteiger partial charge in [0.15, 0.2) is 22.3 Å². The van der Waals surface area contributed by atoms with Crippen LogP contribution in [0.1, 0.15) is 69.2 Å². The number of halogens is 8. The Bertz CT molecular complexity index is 3360. The molecule has 0 bridgehead atoms. The van der Waals surface area contributed by atoms with Gasteiger partial charge in [-0.15, -0.1) is 26.3 Å². The summed E-state index contributed by atoms with van der Waals surface area (Å²) < 4.78 is 103. The lowest BCUT2D eigenvalue weighted by molar-refractivity contribution is -0.275. The summed E-state index contributed by atoms with van der Waals surface area (Å²) in [5.74, 6) is 0.796. The van der Waals surface area contributed by atoms with Gasteiger partial charge in [-0.05, 0) is 85.3 Å². The number of imidazole rings is 2. The van der Waals surface area contributed by atoms with Crippen molar-refractivity contribution in [1.82, 2.24) is 37.4 Å². The molecule has 0 saturated heterocycles. The Hall–Kier alpha value is -7.50. The van der Waals surface area contributed by atoms with Gasteiger partial charge in [-0.1, -0.05) is 80.4 Å². The molecule has 0 aliphatic heterocycles. The van der Waals surface area contributed by atoms with Crippen LogP contribution in [-0.4, -0.2) is 75.0 Å². The number of hydrogen-bond acceptors (Lipinski definition) is 11. The molecule has 0 unspecified atom stereocenters. The van der Waals surface area contributed by atoms with E-state index in [2.05, 4.69) is 19.4 Å². The molecule has 424 valence electrons. The standard InChI is InChI=1S/C27H28ClF3N4O4.C26H26ClF3N4O5.CH4/c1-3-4-14-34-25(36)23-24(33(2)26(34)37)32-22(35(23)17-18-10-12-19(28)13-11-18)9-6-15-38-20-7-5-8-21(16-20)39-27(29,30)31;1-32-23-22(24(36)33(25(32)37)12-4-13-35)34(16-17-8-10-18(27)11-9-17)21(31-23)7-3-14-38-19-5-2-6-20(15-19)39-26(28,29)30;/h5,7-8,10-13,16H,3-4,6,9,14-15,17H2,1-2H3;2,5-6,8-11,15,35H,3-4,7,12-14,16H2,1H3;1H4. The van der Waals surface area contributed by atoms with Crippen molar-refractivity contribution >= 4 is 45.5 Å². The smallest absolute Gasteiger partial charge is 0.493 e. The van der Waals surface area contributed by atoms with Gasteiger partial charge in [0.1, 0.15) is 34.6 Å². The second-order valence-corrected chi connectivity index (χ2v) is 18.7. The molecular weight excluding hydrogens is 1090 g/mol. The first-order valence-electron chi connectivity index (χ1n) is 24.6. The van der Waals surface area contributed by atoms with Crippen LogP contribution in [0.3, 0.4) is 0 Å². The van der Waals surface area contributed by atoms with Crippen LogP contribution >= 0.6 is 23.2 Å². The lowest BCUT2D eigenvalue weighted by Crippen LogP contribution is -2.40. The molecule has 4 heterocycles. The van der Waals surface area contributed by atoms with Gasteiger partial charge in [0.05, 0.1) is 13.2 Å². The number of aromatic nitrogens is 8. The molecule has 25 heteroatoms. The van der Waals surface area contributed by atoms with E-state index in [4.69, 9.17) is 32.7 Å². The lowest BCUT2D eigenvalue weighted by atomic mass is 10.2. The highest BCUT2D eigenvalue weighted by molar-refractivity contribution is 6.30. The van der Waals surface area contributed by atoms with Crippen LogP contribution in [0, 0.1) is 0 Å². The first kappa shape index (κ1) is 60.7. The van der Waals surface area contributed by atoms with Gasteiger partial charge in [-0.2, -0.15) is 0 Å². The van der Waals surface area contributed by atoms with E-state index < -0.39 is 35.2 Å². The van der Waals surface area contributed by atoms with Crippen molar-refractivity contribution in [2.45, 2.75) is 98.2 Å². The highest BCUT2D eigenvalue weighted by Crippen LogP contribution is 2.28. The number of aliphatic hydroxyl groups is 1. The van der Waals surface area contributed by atoms with E-state index in [-0.39, 0.29) is 80.9 Å². The third-order valence-corrected chi connectivity index (χ3v) is 12.6. The van der Waals surface area contributed by atoms with Crippen molar-refractivity contribution in [1.29, 1.82) is 0 Å². The van der Waals surface area contributed by atoms with Gasteiger partial charge in [0, 0.05) is 81.9 Å². The molecule has 4 aromatic carbocycles. The molecule has 0 radical (unpaired) electrons. The minimum Gasteiger partial charge on any atom is -0.493 e. The Morgan fingerprint density at radius 3 is 1.29 bits per heavy atom. The number of nitrogens with zero attached hydrogens (tertiary/aromatic N) is 8. The van der Waals surface area contributed by atoms with Crippen LogP contribution in [0.25, 0.3) is 22.3 Å². The van der Waals surface area contributed by atoms with Crippen molar-refractivity contribution in [3.8, 4) is 23.0 Å². The van der Waals surface area contributed by atoms with Crippen LogP contribution in [0.2, 0.25) is 10.0 Å². The fraction of sp³-hybridized carbons (Fsp3) is 0.370. The number of alkyl halides is 6. The Morgan fingerprint density at radius 2 is 0.924 bits per heavy atom. The summed E-state index contributed by atoms with van der Waals surface area (Å²) in [6.07, 6.45) is -6.23. The van der Waals surface area contributed by atoms with E-state index in [1.165, 1.54) is 57.1 Å². The normalized spacial score (nSPS) is 11.6. The second-order valence-electron chi connectivity index (χ2n) is 17.8. The van der Waals surface area contributed by atoms with E-state index in [1.54, 1.807) is 40.4 Å². The predicted octanol–water partition coefficient (Wildman–Crippen LogP) is 9.84. The molecule has 4 aromatic heterocycles. The van der Waals surface area contributed by atoms with E-state index in [1.807, 2.05) is 31.2 Å². The molecule has 1 N–H and O–H groups in total. The molecule has 17 nitrogen and oxygen atoms in total. The molecule has 0 spiro atoms. The number of rotatable bonds is 22. The molecule has 0 fully saturated rings. The molecule has 8 aromatic rings. The van der Waals surface area contributed by atoms with Crippen LogP contribution in [0.15, 0.2) is 116 Å². The first-order valence-corrected chi connectivity index (χ1v) is 25.3. The van der Waals surface area contributed by atoms with E-state index in [9.17, 15) is 50.6 Å². The molecule has 0 aliphatic carbocycles. The van der Waals surface area contributed by atoms with Gasteiger partial charge in [0.25, 0.3) is 11.1 Å². The molecular formula is C54H58Cl2F6N8O9. The fourth-order valence-electron chi connectivity index (χ4n) is 8.40. The summed E-state index contributed by atoms with van der Waals surface area (Å²) in [7, 11) is 3.12. The summed E-state index contributed by atoms with van der Waals surface area (Å²) in [5.41, 5.74) is 0.986. The van der Waals surface area contributed by atoms with Gasteiger partial charge in [-0.25, -0.2) is 19.6 Å². The van der Waals surface area contributed by atoms with Crippen LogP contribution in [-0.2, 0) is 53.1 Å². The van der Waals surface area contributed by atoms with Crippen molar-refractivity contribution in [2.24, 2.45) is 14.1 Å². The molecule has 0 saturated carbocycles. The average Bonchev–Trinajstić information content (AvgIpc) is 4.09. The third kappa shape index (κ3) is 15.8. The number of unbranched alkanes of at least 4 members (excludes halogenated alkanes) is 1. The molecule has 0 atom stereocenters. The maximum atomic E-state index is 13.5. The summed E-state index contributed by atoms with van der Waals surface area (Å²) in [4.78, 5) is 61.9. The molecule has 0 aliphatic rings. The molecule has 0 amide bonds. The van der Waals surface area contributed by atoms with Gasteiger partial charge < -0.3 is 33.2 Å². The lowest BCUT2D eigenvalue weighted by Gasteiger charge is -2.12. The van der Waals surface area contributed by atoms with Gasteiger partial charge in [-0.3, -0.25) is 27.9 Å². The highest BCUT2D eigenvalue weighted by atomic mass is 35.5. The summed E-state index contributed by atoms with van der Waals surface area (Å²) in [6, 6.07) is 24.9. The third-order valence-electron chi connectivity index (χ3n) is 12.1. The number of hydrogen-bond donors (Lipinski definition) is 1. The zero-order chi connectivity index (χ0) is 56.3. The van der Waals surface area contributed by atoms with Crippen molar-refractivity contribution in [3.05, 3.63) is 172 Å². The fourth-order valence-corrected chi connectivity index (χ4v) is 8.65. The minimum absolute atomic E-state index is 0. The largest absolute Gasteiger partial charge is 0.573 e. The zero-order valence-electron chi connectivity index (χ0n) is 42.5. The zero-order valence-corrected chi connectivity index (χ0v) is 44.0.